The summed E-state index contributed by atoms with van der Waals surface area (Å²) in [5.74, 6) is 0.597. The van der Waals surface area contributed by atoms with Crippen molar-refractivity contribution < 1.29 is 12.8 Å². The van der Waals surface area contributed by atoms with Crippen LogP contribution in [0.15, 0.2) is 20.0 Å². The molecule has 1 aromatic heterocycles. The molecule has 18 heavy (non-hydrogen) atoms. The molecule has 7 heteroatoms. The Hall–Kier alpha value is -0.370. The predicted molar refractivity (Wildman–Crippen MR) is 73.9 cm³/mol. The lowest BCUT2D eigenvalue weighted by molar-refractivity contribution is 0.464. The molecule has 0 atom stereocenters. The summed E-state index contributed by atoms with van der Waals surface area (Å²) in [5, 5.41) is 3.08. The van der Waals surface area contributed by atoms with Crippen LogP contribution in [0.1, 0.15) is 32.4 Å². The minimum atomic E-state index is -3.49. The molecule has 5 nitrogen and oxygen atoms in total. The van der Waals surface area contributed by atoms with Gasteiger partial charge in [-0.05, 0) is 28.9 Å². The maximum absolute atomic E-state index is 12.0. The molecule has 0 unspecified atom stereocenters. The van der Waals surface area contributed by atoms with Gasteiger partial charge < -0.3 is 9.73 Å². The summed E-state index contributed by atoms with van der Waals surface area (Å²) in [6.45, 7) is 5.74. The van der Waals surface area contributed by atoms with Gasteiger partial charge in [-0.1, -0.05) is 20.3 Å². The zero-order chi connectivity index (χ0) is 13.6. The highest BCUT2D eigenvalue weighted by Crippen LogP contribution is 2.25. The summed E-state index contributed by atoms with van der Waals surface area (Å²) in [5.41, 5.74) is 0. The third-order valence-electron chi connectivity index (χ3n) is 2.37. The topological polar surface area (TPSA) is 71.3 Å². The number of halogens is 1. The number of nitrogens with one attached hydrogen (secondary N) is 2. The fraction of sp³-hybridized carbons (Fsp3) is 0.636. The Balaban J connectivity index is 2.78. The van der Waals surface area contributed by atoms with Gasteiger partial charge in [0.2, 0.25) is 10.0 Å². The van der Waals surface area contributed by atoms with E-state index in [0.29, 0.717) is 18.8 Å². The summed E-state index contributed by atoms with van der Waals surface area (Å²) in [6.07, 6.45) is 1.76. The van der Waals surface area contributed by atoms with Crippen molar-refractivity contribution in [3.63, 3.8) is 0 Å². The van der Waals surface area contributed by atoms with Crippen LogP contribution in [0, 0.1) is 0 Å². The number of rotatable bonds is 8. The lowest BCUT2D eigenvalue weighted by atomic mass is 10.3. The van der Waals surface area contributed by atoms with Crippen LogP contribution in [0.2, 0.25) is 0 Å². The summed E-state index contributed by atoms with van der Waals surface area (Å²) >= 11 is 3.14. The molecule has 104 valence electrons. The fourth-order valence-electron chi connectivity index (χ4n) is 1.38. The summed E-state index contributed by atoms with van der Waals surface area (Å²) in [6, 6.07) is 1.54. The Kier molecular flexibility index (Phi) is 6.34. The Morgan fingerprint density at radius 3 is 2.72 bits per heavy atom. The van der Waals surface area contributed by atoms with Gasteiger partial charge >= 0.3 is 0 Å². The number of unbranched alkanes of at least 4 members (excludes halogenated alkanes) is 1. The largest absolute Gasteiger partial charge is 0.452 e. The van der Waals surface area contributed by atoms with Crippen LogP contribution < -0.4 is 10.0 Å². The highest BCUT2D eigenvalue weighted by atomic mass is 79.9. The minimum Gasteiger partial charge on any atom is -0.452 e. The van der Waals surface area contributed by atoms with E-state index in [1.54, 1.807) is 6.07 Å². The van der Waals surface area contributed by atoms with E-state index in [4.69, 9.17) is 4.42 Å². The Bertz CT molecular complexity index is 471. The van der Waals surface area contributed by atoms with Gasteiger partial charge in [0.05, 0.1) is 6.54 Å². The molecule has 0 aliphatic rings. The van der Waals surface area contributed by atoms with Gasteiger partial charge in [-0.3, -0.25) is 0 Å². The number of hydrogen-bond donors (Lipinski definition) is 2. The zero-order valence-electron chi connectivity index (χ0n) is 10.6. The Labute approximate surface area is 117 Å². The average molecular weight is 339 g/mol. The first-order valence-electron chi connectivity index (χ1n) is 5.99. The first-order valence-corrected chi connectivity index (χ1v) is 8.27. The van der Waals surface area contributed by atoms with E-state index in [1.165, 1.54) is 0 Å². The third-order valence-corrected chi connectivity index (χ3v) is 4.69. The molecule has 0 radical (unpaired) electrons. The van der Waals surface area contributed by atoms with Crippen LogP contribution in [0.3, 0.4) is 0 Å². The molecule has 2 N–H and O–H groups in total. The second kappa shape index (κ2) is 7.28. The zero-order valence-corrected chi connectivity index (χ0v) is 13.0. The molecule has 0 spiro atoms. The first kappa shape index (κ1) is 15.7. The molecular weight excluding hydrogens is 320 g/mol. The standard InChI is InChI=1S/C11H19BrN2O3S/c1-3-5-6-14-18(15,16)10-7-9(8-13-4-2)17-11(10)12/h7,13-14H,3-6,8H2,1-2H3. The number of sulfonamides is 1. The second-order valence-corrected chi connectivity index (χ2v) is 6.34. The number of hydrogen-bond acceptors (Lipinski definition) is 4. The minimum absolute atomic E-state index is 0.159. The fourth-order valence-corrected chi connectivity index (χ4v) is 3.45. The second-order valence-electron chi connectivity index (χ2n) is 3.88. The Morgan fingerprint density at radius 1 is 1.39 bits per heavy atom. The van der Waals surface area contributed by atoms with Gasteiger partial charge in [-0.25, -0.2) is 13.1 Å². The molecule has 1 heterocycles. The molecule has 0 bridgehead atoms. The molecule has 0 amide bonds. The van der Waals surface area contributed by atoms with Crippen molar-refractivity contribution >= 4 is 26.0 Å². The monoisotopic (exact) mass is 338 g/mol. The molecule has 0 aliphatic heterocycles. The van der Waals surface area contributed by atoms with E-state index in [0.717, 1.165) is 19.4 Å². The number of furan rings is 1. The SMILES string of the molecule is CCCCNS(=O)(=O)c1cc(CNCC)oc1Br. The van der Waals surface area contributed by atoms with Crippen molar-refractivity contribution in [1.29, 1.82) is 0 Å². The maximum Gasteiger partial charge on any atom is 0.244 e. The van der Waals surface area contributed by atoms with E-state index in [1.807, 2.05) is 13.8 Å². The summed E-state index contributed by atoms with van der Waals surface area (Å²) in [4.78, 5) is 0.159. The summed E-state index contributed by atoms with van der Waals surface area (Å²) < 4.78 is 32.1. The molecule has 0 aliphatic carbocycles. The molecular formula is C11H19BrN2O3S. The molecule has 0 fully saturated rings. The van der Waals surface area contributed by atoms with E-state index in [2.05, 4.69) is 26.0 Å². The first-order chi connectivity index (χ1) is 8.51. The smallest absolute Gasteiger partial charge is 0.244 e. The van der Waals surface area contributed by atoms with E-state index in [9.17, 15) is 8.42 Å². The Morgan fingerprint density at radius 2 is 2.11 bits per heavy atom. The van der Waals surface area contributed by atoms with Gasteiger partial charge in [0, 0.05) is 12.6 Å². The third kappa shape index (κ3) is 4.38. The van der Waals surface area contributed by atoms with Crippen LogP contribution in [0.25, 0.3) is 0 Å². The van der Waals surface area contributed by atoms with Gasteiger partial charge in [-0.15, -0.1) is 0 Å². The average Bonchev–Trinajstić information content (AvgIpc) is 2.69. The van der Waals surface area contributed by atoms with Crippen molar-refractivity contribution in [3.05, 3.63) is 16.5 Å². The van der Waals surface area contributed by atoms with Crippen LogP contribution in [0.5, 0.6) is 0 Å². The van der Waals surface area contributed by atoms with Gasteiger partial charge in [-0.2, -0.15) is 0 Å². The lowest BCUT2D eigenvalue weighted by Gasteiger charge is -2.03. The quantitative estimate of drug-likeness (QED) is 0.713. The van der Waals surface area contributed by atoms with Crippen LogP contribution >= 0.6 is 15.9 Å². The van der Waals surface area contributed by atoms with Crippen molar-refractivity contribution in [1.82, 2.24) is 10.0 Å². The van der Waals surface area contributed by atoms with Crippen LogP contribution in [-0.4, -0.2) is 21.5 Å². The van der Waals surface area contributed by atoms with Crippen molar-refractivity contribution in [2.45, 2.75) is 38.1 Å². The molecule has 0 saturated heterocycles. The van der Waals surface area contributed by atoms with Gasteiger partial charge in [0.15, 0.2) is 4.67 Å². The molecule has 1 rings (SSSR count). The maximum atomic E-state index is 12.0. The molecule has 1 aromatic rings. The predicted octanol–water partition coefficient (Wildman–Crippen LogP) is 2.23. The van der Waals surface area contributed by atoms with Crippen molar-refractivity contribution in [2.75, 3.05) is 13.1 Å². The van der Waals surface area contributed by atoms with E-state index in [-0.39, 0.29) is 9.56 Å². The van der Waals surface area contributed by atoms with Gasteiger partial charge in [0.1, 0.15) is 10.7 Å². The lowest BCUT2D eigenvalue weighted by Crippen LogP contribution is -2.24. The highest BCUT2D eigenvalue weighted by Gasteiger charge is 2.21. The van der Waals surface area contributed by atoms with Gasteiger partial charge in [0.25, 0.3) is 0 Å². The van der Waals surface area contributed by atoms with Crippen molar-refractivity contribution in [2.24, 2.45) is 0 Å². The van der Waals surface area contributed by atoms with Crippen LogP contribution in [0.4, 0.5) is 0 Å². The van der Waals surface area contributed by atoms with E-state index < -0.39 is 10.0 Å². The van der Waals surface area contributed by atoms with E-state index >= 15 is 0 Å². The highest BCUT2D eigenvalue weighted by molar-refractivity contribution is 9.10. The van der Waals surface area contributed by atoms with Crippen molar-refractivity contribution in [3.8, 4) is 0 Å². The molecule has 0 saturated carbocycles. The summed E-state index contributed by atoms with van der Waals surface area (Å²) in [7, 11) is -3.49. The van der Waals surface area contributed by atoms with Crippen LogP contribution in [-0.2, 0) is 16.6 Å². The normalized spacial score (nSPS) is 11.9. The molecule has 0 aromatic carbocycles.